The number of hydrogen-bond donors (Lipinski definition) is 1. The van der Waals surface area contributed by atoms with Gasteiger partial charge >= 0.3 is 0 Å². The van der Waals surface area contributed by atoms with Crippen molar-refractivity contribution >= 4 is 40.4 Å². The molecule has 0 unspecified atom stereocenters. The molecule has 0 spiro atoms. The van der Waals surface area contributed by atoms with Gasteiger partial charge in [0.15, 0.2) is 11.5 Å². The van der Waals surface area contributed by atoms with Crippen molar-refractivity contribution in [2.45, 2.75) is 20.3 Å². The largest absolute Gasteiger partial charge is 0.490 e. The van der Waals surface area contributed by atoms with Crippen LogP contribution < -0.4 is 14.9 Å². The minimum absolute atomic E-state index is 0.0935. The van der Waals surface area contributed by atoms with Crippen LogP contribution in [0.2, 0.25) is 0 Å². The van der Waals surface area contributed by atoms with Crippen molar-refractivity contribution < 1.29 is 19.2 Å². The van der Waals surface area contributed by atoms with Crippen LogP contribution in [0.1, 0.15) is 25.0 Å². The Morgan fingerprint density at radius 3 is 2.64 bits per heavy atom. The van der Waals surface area contributed by atoms with Gasteiger partial charge in [-0.1, -0.05) is 18.2 Å². The zero-order chi connectivity index (χ0) is 20.5. The van der Waals surface area contributed by atoms with Crippen LogP contribution >= 0.6 is 22.6 Å². The van der Waals surface area contributed by atoms with Crippen LogP contribution in [0.4, 0.5) is 5.69 Å². The van der Waals surface area contributed by atoms with Crippen molar-refractivity contribution in [3.63, 3.8) is 0 Å². The van der Waals surface area contributed by atoms with E-state index in [-0.39, 0.29) is 12.1 Å². The number of nitrogens with one attached hydrogen (secondary N) is 1. The number of nitro benzene ring substituents is 1. The van der Waals surface area contributed by atoms with Crippen LogP contribution in [0.25, 0.3) is 0 Å². The number of nitro groups is 1. The van der Waals surface area contributed by atoms with E-state index in [1.807, 2.05) is 19.9 Å². The first kappa shape index (κ1) is 21.6. The van der Waals surface area contributed by atoms with Crippen molar-refractivity contribution in [2.75, 3.05) is 13.2 Å². The summed E-state index contributed by atoms with van der Waals surface area (Å²) in [7, 11) is 0. The standard InChI is InChI=1S/C19H20IN3O5/c1-3-27-17-10-13(9-15(20)19(17)28-4-2)12-21-22-18(24)11-14-7-5-6-8-16(14)23(25)26/h5-10,12H,3-4,11H2,1-2H3,(H,22,24). The number of nitrogens with zero attached hydrogens (tertiary/aromatic N) is 2. The van der Waals surface area contributed by atoms with Crippen molar-refractivity contribution in [3.05, 3.63) is 61.2 Å². The van der Waals surface area contributed by atoms with E-state index in [4.69, 9.17) is 9.47 Å². The minimum Gasteiger partial charge on any atom is -0.490 e. The van der Waals surface area contributed by atoms with Crippen LogP contribution in [0.15, 0.2) is 41.5 Å². The molecule has 8 nitrogen and oxygen atoms in total. The Morgan fingerprint density at radius 1 is 1.25 bits per heavy atom. The first-order valence-electron chi connectivity index (χ1n) is 8.59. The molecule has 0 atom stereocenters. The van der Waals surface area contributed by atoms with Gasteiger partial charge in [0.25, 0.3) is 5.69 Å². The number of amides is 1. The maximum Gasteiger partial charge on any atom is 0.273 e. The van der Waals surface area contributed by atoms with E-state index in [2.05, 4.69) is 33.1 Å². The summed E-state index contributed by atoms with van der Waals surface area (Å²) in [5.74, 6) is 0.822. The number of hydrazone groups is 1. The Labute approximate surface area is 176 Å². The highest BCUT2D eigenvalue weighted by molar-refractivity contribution is 14.1. The second-order valence-corrected chi connectivity index (χ2v) is 6.71. The number of rotatable bonds is 9. The monoisotopic (exact) mass is 497 g/mol. The molecule has 2 rings (SSSR count). The summed E-state index contributed by atoms with van der Waals surface area (Å²) in [6.45, 7) is 4.79. The number of carbonyl (C=O) groups excluding carboxylic acids is 1. The molecule has 2 aromatic carbocycles. The highest BCUT2D eigenvalue weighted by Gasteiger charge is 2.15. The fourth-order valence-corrected chi connectivity index (χ4v) is 3.22. The van der Waals surface area contributed by atoms with Gasteiger partial charge in [-0.05, 0) is 54.1 Å². The molecule has 1 N–H and O–H groups in total. The van der Waals surface area contributed by atoms with Crippen LogP contribution in [0.3, 0.4) is 0 Å². The Bertz CT molecular complexity index is 886. The van der Waals surface area contributed by atoms with Gasteiger partial charge in [-0.15, -0.1) is 0 Å². The summed E-state index contributed by atoms with van der Waals surface area (Å²) in [6, 6.07) is 9.74. The lowest BCUT2D eigenvalue weighted by molar-refractivity contribution is -0.385. The fourth-order valence-electron chi connectivity index (χ4n) is 2.44. The highest BCUT2D eigenvalue weighted by Crippen LogP contribution is 2.33. The van der Waals surface area contributed by atoms with Gasteiger partial charge in [0.05, 0.1) is 34.3 Å². The summed E-state index contributed by atoms with van der Waals surface area (Å²) < 4.78 is 12.1. The normalized spacial score (nSPS) is 10.7. The van der Waals surface area contributed by atoms with E-state index >= 15 is 0 Å². The van der Waals surface area contributed by atoms with Crippen LogP contribution in [0, 0.1) is 13.7 Å². The summed E-state index contributed by atoms with van der Waals surface area (Å²) >= 11 is 2.15. The second-order valence-electron chi connectivity index (χ2n) is 5.55. The van der Waals surface area contributed by atoms with Gasteiger partial charge < -0.3 is 9.47 Å². The average Bonchev–Trinajstić information content (AvgIpc) is 2.65. The molecule has 148 valence electrons. The molecule has 9 heteroatoms. The van der Waals surface area contributed by atoms with E-state index < -0.39 is 10.8 Å². The molecule has 1 amide bonds. The van der Waals surface area contributed by atoms with E-state index in [1.54, 1.807) is 24.3 Å². The predicted molar refractivity (Wildman–Crippen MR) is 114 cm³/mol. The summed E-state index contributed by atoms with van der Waals surface area (Å²) in [5.41, 5.74) is 3.35. The molecule has 0 aliphatic rings. The third kappa shape index (κ3) is 5.91. The maximum atomic E-state index is 12.1. The quantitative estimate of drug-likeness (QED) is 0.247. The second kappa shape index (κ2) is 10.6. The van der Waals surface area contributed by atoms with Gasteiger partial charge in [0.1, 0.15) is 0 Å². The van der Waals surface area contributed by atoms with Crippen LogP contribution in [0.5, 0.6) is 11.5 Å². The molecule has 0 saturated heterocycles. The Hall–Kier alpha value is -2.69. The first-order valence-corrected chi connectivity index (χ1v) is 9.67. The molecule has 0 heterocycles. The van der Waals surface area contributed by atoms with E-state index in [1.165, 1.54) is 12.3 Å². The van der Waals surface area contributed by atoms with Crippen molar-refractivity contribution in [2.24, 2.45) is 5.10 Å². The molecule has 0 saturated carbocycles. The lowest BCUT2D eigenvalue weighted by Crippen LogP contribution is -2.20. The molecular weight excluding hydrogens is 477 g/mol. The van der Waals surface area contributed by atoms with Crippen molar-refractivity contribution in [1.29, 1.82) is 0 Å². The van der Waals surface area contributed by atoms with Crippen LogP contribution in [-0.4, -0.2) is 30.3 Å². The fraction of sp³-hybridized carbons (Fsp3) is 0.263. The zero-order valence-corrected chi connectivity index (χ0v) is 17.6. The summed E-state index contributed by atoms with van der Waals surface area (Å²) in [5, 5.41) is 15.0. The summed E-state index contributed by atoms with van der Waals surface area (Å²) in [4.78, 5) is 22.6. The Balaban J connectivity index is 2.08. The molecule has 0 aliphatic carbocycles. The van der Waals surface area contributed by atoms with Crippen molar-refractivity contribution in [3.8, 4) is 11.5 Å². The van der Waals surface area contributed by atoms with Gasteiger partial charge in [-0.2, -0.15) is 5.10 Å². The van der Waals surface area contributed by atoms with Gasteiger partial charge in [-0.25, -0.2) is 5.43 Å². The zero-order valence-electron chi connectivity index (χ0n) is 15.5. The third-order valence-corrected chi connectivity index (χ3v) is 4.36. The van der Waals surface area contributed by atoms with E-state index in [0.29, 0.717) is 30.3 Å². The molecular formula is C19H20IN3O5. The van der Waals surface area contributed by atoms with E-state index in [9.17, 15) is 14.9 Å². The lowest BCUT2D eigenvalue weighted by atomic mass is 10.1. The summed E-state index contributed by atoms with van der Waals surface area (Å²) in [6.07, 6.45) is 1.34. The Kier molecular flexibility index (Phi) is 8.18. The number of halogens is 1. The predicted octanol–water partition coefficient (Wildman–Crippen LogP) is 3.69. The smallest absolute Gasteiger partial charge is 0.273 e. The number of ether oxygens (including phenoxy) is 2. The van der Waals surface area contributed by atoms with Crippen molar-refractivity contribution in [1.82, 2.24) is 5.43 Å². The maximum absolute atomic E-state index is 12.1. The Morgan fingerprint density at radius 2 is 1.96 bits per heavy atom. The van der Waals surface area contributed by atoms with E-state index in [0.717, 1.165) is 9.13 Å². The minimum atomic E-state index is -0.511. The van der Waals surface area contributed by atoms with Gasteiger partial charge in [0, 0.05) is 11.6 Å². The van der Waals surface area contributed by atoms with Crippen LogP contribution in [-0.2, 0) is 11.2 Å². The average molecular weight is 497 g/mol. The molecule has 2 aromatic rings. The number of carbonyl (C=O) groups is 1. The third-order valence-electron chi connectivity index (χ3n) is 3.56. The van der Waals surface area contributed by atoms with Gasteiger partial charge in [0.2, 0.25) is 5.91 Å². The number of benzene rings is 2. The molecule has 0 radical (unpaired) electrons. The number of para-hydroxylation sites is 1. The molecule has 0 fully saturated rings. The SMILES string of the molecule is CCOc1cc(C=NNC(=O)Cc2ccccc2[N+](=O)[O-])cc(I)c1OCC. The number of hydrogen-bond acceptors (Lipinski definition) is 6. The molecule has 28 heavy (non-hydrogen) atoms. The molecule has 0 bridgehead atoms. The molecule has 0 aromatic heterocycles. The molecule has 0 aliphatic heterocycles. The topological polar surface area (TPSA) is 103 Å². The highest BCUT2D eigenvalue weighted by atomic mass is 127. The lowest BCUT2D eigenvalue weighted by Gasteiger charge is -2.13. The first-order chi connectivity index (χ1) is 13.5. The van der Waals surface area contributed by atoms with Gasteiger partial charge in [-0.3, -0.25) is 14.9 Å².